The number of aromatic nitrogens is 1. The summed E-state index contributed by atoms with van der Waals surface area (Å²) in [7, 11) is 0. The van der Waals surface area contributed by atoms with Crippen LogP contribution in [0.25, 0.3) is 15.9 Å². The fourth-order valence-corrected chi connectivity index (χ4v) is 4.30. The van der Waals surface area contributed by atoms with Crippen LogP contribution in [-0.2, 0) is 4.79 Å². The minimum Gasteiger partial charge on any atom is -0.481 e. The van der Waals surface area contributed by atoms with Crippen molar-refractivity contribution in [3.8, 4) is 5.00 Å². The number of benzene rings is 1. The third kappa shape index (κ3) is 2.93. The van der Waals surface area contributed by atoms with E-state index in [1.165, 1.54) is 16.7 Å². The average Bonchev–Trinajstić information content (AvgIpc) is 3.28. The molecule has 0 aliphatic carbocycles. The number of carbonyl (C=O) groups excluding carboxylic acids is 1. The zero-order valence-corrected chi connectivity index (χ0v) is 14.4. The SMILES string of the molecule is O=C(O)C1CCN(C(=O)c2ccc(-n3ccc4ccccc43)s2)CC1. The van der Waals surface area contributed by atoms with Gasteiger partial charge < -0.3 is 14.6 Å². The molecule has 128 valence electrons. The van der Waals surface area contributed by atoms with E-state index in [4.69, 9.17) is 5.11 Å². The lowest BCUT2D eigenvalue weighted by Gasteiger charge is -2.29. The van der Waals surface area contributed by atoms with Crippen LogP contribution in [0.1, 0.15) is 22.5 Å². The number of aliphatic carboxylic acids is 1. The van der Waals surface area contributed by atoms with E-state index in [1.807, 2.05) is 30.5 Å². The van der Waals surface area contributed by atoms with Gasteiger partial charge in [-0.05, 0) is 42.5 Å². The van der Waals surface area contributed by atoms with E-state index < -0.39 is 5.97 Å². The van der Waals surface area contributed by atoms with E-state index in [0.717, 1.165) is 10.5 Å². The van der Waals surface area contributed by atoms with E-state index >= 15 is 0 Å². The summed E-state index contributed by atoms with van der Waals surface area (Å²) in [4.78, 5) is 26.2. The normalized spacial score (nSPS) is 15.6. The number of para-hydroxylation sites is 1. The Bertz CT molecular complexity index is 935. The van der Waals surface area contributed by atoms with Crippen LogP contribution in [0.15, 0.2) is 48.7 Å². The van der Waals surface area contributed by atoms with E-state index in [-0.39, 0.29) is 11.8 Å². The van der Waals surface area contributed by atoms with Crippen LogP contribution in [0.5, 0.6) is 0 Å². The summed E-state index contributed by atoms with van der Waals surface area (Å²) in [6.45, 7) is 1.02. The predicted molar refractivity (Wildman–Crippen MR) is 97.4 cm³/mol. The Balaban J connectivity index is 1.53. The van der Waals surface area contributed by atoms with Crippen molar-refractivity contribution in [2.24, 2.45) is 5.92 Å². The van der Waals surface area contributed by atoms with Crippen molar-refractivity contribution in [1.82, 2.24) is 9.47 Å². The molecule has 1 saturated heterocycles. The fourth-order valence-electron chi connectivity index (χ4n) is 3.33. The molecule has 1 aromatic carbocycles. The smallest absolute Gasteiger partial charge is 0.306 e. The first-order valence-electron chi connectivity index (χ1n) is 8.32. The molecule has 1 amide bonds. The average molecular weight is 354 g/mol. The second-order valence-electron chi connectivity index (χ2n) is 6.29. The molecule has 3 heterocycles. The van der Waals surface area contributed by atoms with Gasteiger partial charge in [-0.15, -0.1) is 11.3 Å². The zero-order valence-electron chi connectivity index (χ0n) is 13.6. The Kier molecular flexibility index (Phi) is 4.05. The summed E-state index contributed by atoms with van der Waals surface area (Å²) in [5.74, 6) is -1.09. The highest BCUT2D eigenvalue weighted by molar-refractivity contribution is 7.16. The largest absolute Gasteiger partial charge is 0.481 e. The van der Waals surface area contributed by atoms with Crippen LogP contribution in [0.4, 0.5) is 0 Å². The number of hydrogen-bond donors (Lipinski definition) is 1. The fraction of sp³-hybridized carbons (Fsp3) is 0.263. The molecule has 0 bridgehead atoms. The number of carbonyl (C=O) groups is 2. The van der Waals surface area contributed by atoms with Crippen molar-refractivity contribution < 1.29 is 14.7 Å². The summed E-state index contributed by atoms with van der Waals surface area (Å²) >= 11 is 1.47. The molecule has 25 heavy (non-hydrogen) atoms. The van der Waals surface area contributed by atoms with E-state index in [0.29, 0.717) is 30.8 Å². The Morgan fingerprint density at radius 3 is 2.56 bits per heavy atom. The Morgan fingerprint density at radius 1 is 1.04 bits per heavy atom. The van der Waals surface area contributed by atoms with Gasteiger partial charge in [0.05, 0.1) is 16.3 Å². The van der Waals surface area contributed by atoms with Gasteiger partial charge in [-0.1, -0.05) is 18.2 Å². The number of rotatable bonds is 3. The van der Waals surface area contributed by atoms with Crippen molar-refractivity contribution in [2.45, 2.75) is 12.8 Å². The number of thiophene rings is 1. The molecule has 6 heteroatoms. The molecule has 0 radical (unpaired) electrons. The van der Waals surface area contributed by atoms with Gasteiger partial charge in [0, 0.05) is 19.3 Å². The number of amides is 1. The molecule has 4 rings (SSSR count). The number of fused-ring (bicyclic) bond motifs is 1. The Labute approximate surface area is 149 Å². The number of nitrogens with zero attached hydrogens (tertiary/aromatic N) is 2. The van der Waals surface area contributed by atoms with Crippen molar-refractivity contribution >= 4 is 34.1 Å². The van der Waals surface area contributed by atoms with Gasteiger partial charge in [-0.3, -0.25) is 9.59 Å². The molecule has 3 aromatic rings. The van der Waals surface area contributed by atoms with Gasteiger partial charge in [0.1, 0.15) is 5.00 Å². The molecular formula is C19H18N2O3S. The van der Waals surface area contributed by atoms with E-state index in [9.17, 15) is 9.59 Å². The minimum atomic E-state index is -0.759. The Hall–Kier alpha value is -2.60. The third-order valence-corrected chi connectivity index (χ3v) is 5.84. The van der Waals surface area contributed by atoms with Crippen LogP contribution in [0.3, 0.4) is 0 Å². The summed E-state index contributed by atoms with van der Waals surface area (Å²) in [6.07, 6.45) is 3.08. The Morgan fingerprint density at radius 2 is 1.80 bits per heavy atom. The molecule has 1 aliphatic heterocycles. The van der Waals surface area contributed by atoms with Gasteiger partial charge in [-0.25, -0.2) is 0 Å². The maximum Gasteiger partial charge on any atom is 0.306 e. The first-order valence-corrected chi connectivity index (χ1v) is 9.13. The zero-order chi connectivity index (χ0) is 17.4. The monoisotopic (exact) mass is 354 g/mol. The minimum absolute atomic E-state index is 0.00319. The molecule has 0 unspecified atom stereocenters. The van der Waals surface area contributed by atoms with Crippen molar-refractivity contribution in [3.63, 3.8) is 0 Å². The summed E-state index contributed by atoms with van der Waals surface area (Å²) in [5, 5.41) is 11.2. The van der Waals surface area contributed by atoms with Gasteiger partial charge >= 0.3 is 5.97 Å². The number of hydrogen-bond acceptors (Lipinski definition) is 3. The van der Waals surface area contributed by atoms with Gasteiger partial charge in [0.25, 0.3) is 5.91 Å². The second kappa shape index (κ2) is 6.37. The highest BCUT2D eigenvalue weighted by Gasteiger charge is 2.28. The lowest BCUT2D eigenvalue weighted by Crippen LogP contribution is -2.39. The topological polar surface area (TPSA) is 62.5 Å². The summed E-state index contributed by atoms with van der Waals surface area (Å²) in [5.41, 5.74) is 1.12. The van der Waals surface area contributed by atoms with E-state index in [1.54, 1.807) is 4.90 Å². The maximum atomic E-state index is 12.7. The van der Waals surface area contributed by atoms with Crippen molar-refractivity contribution in [1.29, 1.82) is 0 Å². The van der Waals surface area contributed by atoms with Gasteiger partial charge in [-0.2, -0.15) is 0 Å². The van der Waals surface area contributed by atoms with E-state index in [2.05, 4.69) is 22.8 Å². The highest BCUT2D eigenvalue weighted by atomic mass is 32.1. The lowest BCUT2D eigenvalue weighted by molar-refractivity contribution is -0.143. The van der Waals surface area contributed by atoms with Crippen LogP contribution >= 0.6 is 11.3 Å². The summed E-state index contributed by atoms with van der Waals surface area (Å²) < 4.78 is 2.09. The molecule has 0 spiro atoms. The molecule has 1 N–H and O–H groups in total. The molecule has 1 aliphatic rings. The number of carboxylic acid groups (broad SMARTS) is 1. The molecular weight excluding hydrogens is 336 g/mol. The molecule has 0 atom stereocenters. The predicted octanol–water partition coefficient (Wildman–Crippen LogP) is 3.63. The lowest BCUT2D eigenvalue weighted by atomic mass is 9.97. The molecule has 0 saturated carbocycles. The first kappa shape index (κ1) is 15.9. The second-order valence-corrected chi connectivity index (χ2v) is 7.35. The number of carboxylic acids is 1. The molecule has 5 nitrogen and oxygen atoms in total. The molecule has 1 fully saturated rings. The van der Waals surface area contributed by atoms with Crippen LogP contribution in [-0.4, -0.2) is 39.5 Å². The standard InChI is InChI=1S/C19H18N2O3S/c22-18(20-10-7-14(8-11-20)19(23)24)16-5-6-17(25-16)21-12-9-13-3-1-2-4-15(13)21/h1-6,9,12,14H,7-8,10-11H2,(H,23,24). The van der Waals surface area contributed by atoms with Crippen LogP contribution in [0, 0.1) is 5.92 Å². The molecule has 2 aromatic heterocycles. The van der Waals surface area contributed by atoms with Crippen molar-refractivity contribution in [3.05, 3.63) is 53.5 Å². The quantitative estimate of drug-likeness (QED) is 0.781. The van der Waals surface area contributed by atoms with Gasteiger partial charge in [0.2, 0.25) is 0 Å². The highest BCUT2D eigenvalue weighted by Crippen LogP contribution is 2.28. The number of piperidine rings is 1. The van der Waals surface area contributed by atoms with Crippen LogP contribution in [0.2, 0.25) is 0 Å². The third-order valence-electron chi connectivity index (χ3n) is 4.77. The van der Waals surface area contributed by atoms with Crippen molar-refractivity contribution in [2.75, 3.05) is 13.1 Å². The van der Waals surface area contributed by atoms with Gasteiger partial charge in [0.15, 0.2) is 0 Å². The number of likely N-dealkylation sites (tertiary alicyclic amines) is 1. The first-order chi connectivity index (χ1) is 12.1. The van der Waals surface area contributed by atoms with Crippen LogP contribution < -0.4 is 0 Å². The summed E-state index contributed by atoms with van der Waals surface area (Å²) in [6, 6.07) is 14.0. The maximum absolute atomic E-state index is 12.7.